The maximum absolute atomic E-state index is 13.0. The number of carbonyl (C=O) groups is 2. The van der Waals surface area contributed by atoms with E-state index < -0.39 is 6.09 Å². The minimum atomic E-state index is -0.801. The van der Waals surface area contributed by atoms with Crippen molar-refractivity contribution in [3.63, 3.8) is 0 Å². The van der Waals surface area contributed by atoms with E-state index in [4.69, 9.17) is 22.1 Å². The predicted molar refractivity (Wildman–Crippen MR) is 117 cm³/mol. The van der Waals surface area contributed by atoms with Gasteiger partial charge in [-0.25, -0.2) is 4.79 Å². The lowest BCUT2D eigenvalue weighted by molar-refractivity contribution is 0.0376. The van der Waals surface area contributed by atoms with Crippen molar-refractivity contribution in [3.05, 3.63) is 57.9 Å². The number of likely N-dealkylation sites (tertiary alicyclic amines) is 1. The van der Waals surface area contributed by atoms with E-state index in [-0.39, 0.29) is 12.0 Å². The van der Waals surface area contributed by atoms with Crippen molar-refractivity contribution < 1.29 is 14.3 Å². The van der Waals surface area contributed by atoms with Crippen LogP contribution in [0.4, 0.5) is 4.79 Å². The average Bonchev–Trinajstić information content (AvgIpc) is 3.10. The molecule has 1 saturated heterocycles. The van der Waals surface area contributed by atoms with Crippen LogP contribution in [0.5, 0.6) is 0 Å². The molecule has 3 aromatic rings. The van der Waals surface area contributed by atoms with Crippen LogP contribution >= 0.6 is 22.9 Å². The Labute approximate surface area is 178 Å². The van der Waals surface area contributed by atoms with E-state index in [0.29, 0.717) is 29.4 Å². The Bertz CT molecular complexity index is 1080. The van der Waals surface area contributed by atoms with Crippen molar-refractivity contribution in [2.75, 3.05) is 13.1 Å². The van der Waals surface area contributed by atoms with Gasteiger partial charge in [0.1, 0.15) is 6.10 Å². The first kappa shape index (κ1) is 19.7. The molecule has 2 aromatic carbocycles. The fourth-order valence-corrected chi connectivity index (χ4v) is 4.99. The monoisotopic (exact) mass is 428 g/mol. The number of fused-ring (bicyclic) bond motifs is 1. The molecule has 1 atom stereocenters. The average molecular weight is 429 g/mol. The Balaban J connectivity index is 1.61. The molecule has 1 aromatic heterocycles. The van der Waals surface area contributed by atoms with Gasteiger partial charge in [-0.3, -0.25) is 4.79 Å². The summed E-state index contributed by atoms with van der Waals surface area (Å²) in [5, 5.41) is 1.60. The fourth-order valence-electron chi connectivity index (χ4n) is 3.66. The third kappa shape index (κ3) is 4.23. The summed E-state index contributed by atoms with van der Waals surface area (Å²) in [5.41, 5.74) is 8.31. The molecule has 4 rings (SSSR count). The molecule has 0 saturated carbocycles. The molecule has 7 heteroatoms. The van der Waals surface area contributed by atoms with Crippen LogP contribution in [0.25, 0.3) is 21.2 Å². The largest absolute Gasteiger partial charge is 0.445 e. The lowest BCUT2D eigenvalue weighted by atomic mass is 10.0. The maximum Gasteiger partial charge on any atom is 0.404 e. The van der Waals surface area contributed by atoms with Crippen LogP contribution in [-0.2, 0) is 4.74 Å². The van der Waals surface area contributed by atoms with Crippen LogP contribution in [0.15, 0.2) is 42.5 Å². The number of piperidine rings is 1. The van der Waals surface area contributed by atoms with Gasteiger partial charge in [-0.1, -0.05) is 41.4 Å². The summed E-state index contributed by atoms with van der Waals surface area (Å²) in [6, 6.07) is 14.0. The van der Waals surface area contributed by atoms with Gasteiger partial charge in [0.2, 0.25) is 0 Å². The van der Waals surface area contributed by atoms with Gasteiger partial charge in [-0.2, -0.15) is 0 Å². The zero-order chi connectivity index (χ0) is 20.5. The van der Waals surface area contributed by atoms with E-state index in [0.717, 1.165) is 27.6 Å². The number of hydrogen-bond donors (Lipinski definition) is 1. The predicted octanol–water partition coefficient (Wildman–Crippen LogP) is 5.23. The highest BCUT2D eigenvalue weighted by Gasteiger charge is 2.27. The highest BCUT2D eigenvalue weighted by Crippen LogP contribution is 2.36. The highest BCUT2D eigenvalue weighted by molar-refractivity contribution is 7.20. The second kappa shape index (κ2) is 8.05. The number of amides is 2. The lowest BCUT2D eigenvalue weighted by Crippen LogP contribution is -2.44. The first-order chi connectivity index (χ1) is 13.9. The summed E-state index contributed by atoms with van der Waals surface area (Å²) >= 11 is 7.98. The zero-order valence-corrected chi connectivity index (χ0v) is 17.6. The molecule has 5 nitrogen and oxygen atoms in total. The number of hydrogen-bond acceptors (Lipinski definition) is 4. The summed E-state index contributed by atoms with van der Waals surface area (Å²) in [5.74, 6) is -0.0584. The third-order valence-corrected chi connectivity index (χ3v) is 6.53. The van der Waals surface area contributed by atoms with E-state index in [1.54, 1.807) is 4.90 Å². The number of aryl methyl sites for hydroxylation is 1. The van der Waals surface area contributed by atoms with Crippen molar-refractivity contribution >= 4 is 45.0 Å². The van der Waals surface area contributed by atoms with Gasteiger partial charge >= 0.3 is 6.09 Å². The number of primary amides is 1. The highest BCUT2D eigenvalue weighted by atomic mass is 35.5. The number of carbonyl (C=O) groups excluding carboxylic acids is 2. The van der Waals surface area contributed by atoms with Crippen LogP contribution in [0.2, 0.25) is 5.02 Å². The van der Waals surface area contributed by atoms with Crippen LogP contribution in [-0.4, -0.2) is 36.1 Å². The zero-order valence-electron chi connectivity index (χ0n) is 16.0. The number of rotatable bonds is 3. The molecular weight excluding hydrogens is 408 g/mol. The number of thiophene rings is 1. The fraction of sp³-hybridized carbons (Fsp3) is 0.273. The Morgan fingerprint density at radius 1 is 1.21 bits per heavy atom. The molecule has 2 N–H and O–H groups in total. The Morgan fingerprint density at radius 3 is 2.69 bits per heavy atom. The van der Waals surface area contributed by atoms with E-state index in [1.807, 2.05) is 25.1 Å². The van der Waals surface area contributed by atoms with Crippen LogP contribution in [0.3, 0.4) is 0 Å². The molecular formula is C22H21ClN2O3S. The lowest BCUT2D eigenvalue weighted by Gasteiger charge is -2.31. The smallest absolute Gasteiger partial charge is 0.404 e. The molecule has 29 heavy (non-hydrogen) atoms. The second-order valence-corrected chi connectivity index (χ2v) is 8.79. The molecule has 2 heterocycles. The molecule has 1 unspecified atom stereocenters. The summed E-state index contributed by atoms with van der Waals surface area (Å²) in [7, 11) is 0. The number of nitrogens with two attached hydrogens (primary N) is 1. The SMILES string of the molecule is Cc1ccc(-c2cc3sc(C(=O)N4CCCC(OC(N)=O)C4)cc3cc2Cl)cc1. The van der Waals surface area contributed by atoms with Crippen LogP contribution in [0, 0.1) is 6.92 Å². The Kier molecular flexibility index (Phi) is 5.48. The standard InChI is InChI=1S/C22H21ClN2O3S/c1-13-4-6-14(7-5-13)17-11-19-15(9-18(17)23)10-20(29-19)21(26)25-8-2-3-16(12-25)28-22(24)27/h4-7,9-11,16H,2-3,8,12H2,1H3,(H2,24,27). The topological polar surface area (TPSA) is 72.6 Å². The summed E-state index contributed by atoms with van der Waals surface area (Å²) in [6.45, 7) is 3.05. The third-order valence-electron chi connectivity index (χ3n) is 5.13. The van der Waals surface area contributed by atoms with E-state index in [2.05, 4.69) is 24.3 Å². The van der Waals surface area contributed by atoms with Crippen molar-refractivity contribution in [1.82, 2.24) is 4.90 Å². The molecule has 150 valence electrons. The number of ether oxygens (including phenoxy) is 1. The van der Waals surface area contributed by atoms with Gasteiger partial charge in [0.25, 0.3) is 5.91 Å². The van der Waals surface area contributed by atoms with Crippen LogP contribution in [0.1, 0.15) is 28.1 Å². The molecule has 2 amide bonds. The van der Waals surface area contributed by atoms with Gasteiger partial charge in [0.05, 0.1) is 11.4 Å². The summed E-state index contributed by atoms with van der Waals surface area (Å²) in [4.78, 5) is 26.4. The van der Waals surface area contributed by atoms with Gasteiger partial charge in [-0.15, -0.1) is 11.3 Å². The minimum Gasteiger partial charge on any atom is -0.445 e. The second-order valence-electron chi connectivity index (χ2n) is 7.30. The van der Waals surface area contributed by atoms with E-state index in [9.17, 15) is 9.59 Å². The molecule has 1 fully saturated rings. The normalized spacial score (nSPS) is 16.8. The van der Waals surface area contributed by atoms with Crippen molar-refractivity contribution in [2.24, 2.45) is 5.73 Å². The number of nitrogens with zero attached hydrogens (tertiary/aromatic N) is 1. The summed E-state index contributed by atoms with van der Waals surface area (Å²) < 4.78 is 6.10. The first-order valence-corrected chi connectivity index (χ1v) is 10.7. The van der Waals surface area contributed by atoms with E-state index in [1.165, 1.54) is 16.9 Å². The first-order valence-electron chi connectivity index (χ1n) is 9.46. The molecule has 1 aliphatic rings. The molecule has 1 aliphatic heterocycles. The molecule has 0 radical (unpaired) electrons. The van der Waals surface area contributed by atoms with Crippen LogP contribution < -0.4 is 5.73 Å². The van der Waals surface area contributed by atoms with Crippen molar-refractivity contribution in [3.8, 4) is 11.1 Å². The summed E-state index contributed by atoms with van der Waals surface area (Å²) in [6.07, 6.45) is 0.346. The van der Waals surface area contributed by atoms with Gasteiger partial charge < -0.3 is 15.4 Å². The maximum atomic E-state index is 13.0. The van der Waals surface area contributed by atoms with Gasteiger partial charge in [0.15, 0.2) is 0 Å². The van der Waals surface area contributed by atoms with Gasteiger partial charge in [0, 0.05) is 21.8 Å². The number of halogens is 1. The quantitative estimate of drug-likeness (QED) is 0.620. The van der Waals surface area contributed by atoms with E-state index >= 15 is 0 Å². The Hall–Kier alpha value is -2.57. The van der Waals surface area contributed by atoms with Crippen molar-refractivity contribution in [2.45, 2.75) is 25.9 Å². The van der Waals surface area contributed by atoms with Crippen molar-refractivity contribution in [1.29, 1.82) is 0 Å². The molecule has 0 bridgehead atoms. The minimum absolute atomic E-state index is 0.0584. The Morgan fingerprint density at radius 2 is 1.97 bits per heavy atom. The number of benzene rings is 2. The molecule has 0 spiro atoms. The molecule has 0 aliphatic carbocycles. The van der Waals surface area contributed by atoms with Gasteiger partial charge in [-0.05, 0) is 48.9 Å².